The average molecular weight is 238 g/mol. The fourth-order valence-electron chi connectivity index (χ4n) is 3.73. The summed E-state index contributed by atoms with van der Waals surface area (Å²) in [6.45, 7) is 11.0. The lowest BCUT2D eigenvalue weighted by atomic mass is 9.79. The molecule has 1 saturated heterocycles. The lowest BCUT2D eigenvalue weighted by molar-refractivity contribution is 0.0837. The smallest absolute Gasteiger partial charge is 0.0121 e. The van der Waals surface area contributed by atoms with Crippen LogP contribution in [0.4, 0.5) is 0 Å². The maximum absolute atomic E-state index is 3.60. The molecular formula is C15H30N2. The molecule has 0 bridgehead atoms. The monoisotopic (exact) mass is 238 g/mol. The first-order valence-corrected chi connectivity index (χ1v) is 7.64. The van der Waals surface area contributed by atoms with Crippen LogP contribution in [-0.2, 0) is 0 Å². The van der Waals surface area contributed by atoms with E-state index in [1.165, 1.54) is 51.7 Å². The second-order valence-electron chi connectivity index (χ2n) is 6.50. The number of nitrogens with zero attached hydrogens (tertiary/aromatic N) is 1. The van der Waals surface area contributed by atoms with Gasteiger partial charge in [-0.25, -0.2) is 0 Å². The van der Waals surface area contributed by atoms with Crippen LogP contribution in [0.1, 0.15) is 52.9 Å². The fraction of sp³-hybridized carbons (Fsp3) is 1.00. The third kappa shape index (κ3) is 3.69. The van der Waals surface area contributed by atoms with Gasteiger partial charge in [0, 0.05) is 12.1 Å². The van der Waals surface area contributed by atoms with Crippen LogP contribution in [0.5, 0.6) is 0 Å². The topological polar surface area (TPSA) is 15.3 Å². The predicted octanol–water partition coefficient (Wildman–Crippen LogP) is 2.89. The molecule has 0 amide bonds. The molecule has 2 heteroatoms. The molecule has 17 heavy (non-hydrogen) atoms. The molecule has 0 spiro atoms. The highest BCUT2D eigenvalue weighted by Crippen LogP contribution is 2.32. The van der Waals surface area contributed by atoms with Gasteiger partial charge in [0.25, 0.3) is 0 Å². The minimum Gasteiger partial charge on any atom is -0.314 e. The third-order valence-corrected chi connectivity index (χ3v) is 4.82. The van der Waals surface area contributed by atoms with Crippen LogP contribution in [0.25, 0.3) is 0 Å². The summed E-state index contributed by atoms with van der Waals surface area (Å²) in [7, 11) is 0. The Bertz CT molecular complexity index is 229. The van der Waals surface area contributed by atoms with Gasteiger partial charge in [0.2, 0.25) is 0 Å². The first-order chi connectivity index (χ1) is 8.16. The molecule has 4 atom stereocenters. The highest BCUT2D eigenvalue weighted by molar-refractivity contribution is 4.85. The minimum absolute atomic E-state index is 0.704. The average Bonchev–Trinajstić information content (AvgIpc) is 2.26. The van der Waals surface area contributed by atoms with E-state index in [0.717, 1.165) is 17.9 Å². The molecule has 2 nitrogen and oxygen atoms in total. The van der Waals surface area contributed by atoms with E-state index in [9.17, 15) is 0 Å². The lowest BCUT2D eigenvalue weighted by Gasteiger charge is -2.42. The molecule has 2 fully saturated rings. The molecule has 1 aliphatic heterocycles. The van der Waals surface area contributed by atoms with Crippen LogP contribution in [0.3, 0.4) is 0 Å². The summed E-state index contributed by atoms with van der Waals surface area (Å²) in [4.78, 5) is 2.80. The number of rotatable bonds is 1. The Morgan fingerprint density at radius 1 is 1.00 bits per heavy atom. The van der Waals surface area contributed by atoms with Crippen LogP contribution in [-0.4, -0.2) is 36.6 Å². The van der Waals surface area contributed by atoms with Crippen molar-refractivity contribution in [3.63, 3.8) is 0 Å². The molecular weight excluding hydrogens is 208 g/mol. The van der Waals surface area contributed by atoms with Gasteiger partial charge < -0.3 is 10.2 Å². The molecule has 2 rings (SSSR count). The van der Waals surface area contributed by atoms with E-state index in [4.69, 9.17) is 0 Å². The molecule has 1 heterocycles. The second kappa shape index (κ2) is 6.19. The summed E-state index contributed by atoms with van der Waals surface area (Å²) < 4.78 is 0. The molecule has 0 aromatic rings. The van der Waals surface area contributed by atoms with Gasteiger partial charge in [0.1, 0.15) is 0 Å². The molecule has 1 aliphatic carbocycles. The second-order valence-corrected chi connectivity index (χ2v) is 6.50. The Morgan fingerprint density at radius 2 is 1.82 bits per heavy atom. The van der Waals surface area contributed by atoms with Crippen molar-refractivity contribution in [2.75, 3.05) is 19.6 Å². The summed E-state index contributed by atoms with van der Waals surface area (Å²) in [6.07, 6.45) is 6.96. The summed E-state index contributed by atoms with van der Waals surface area (Å²) in [6, 6.07) is 1.58. The van der Waals surface area contributed by atoms with Crippen LogP contribution < -0.4 is 5.32 Å². The molecule has 0 aromatic carbocycles. The molecule has 100 valence electrons. The highest BCUT2D eigenvalue weighted by atomic mass is 15.2. The molecule has 1 N–H and O–H groups in total. The van der Waals surface area contributed by atoms with E-state index in [1.807, 2.05) is 0 Å². The van der Waals surface area contributed by atoms with E-state index < -0.39 is 0 Å². The van der Waals surface area contributed by atoms with Gasteiger partial charge in [-0.3, -0.25) is 0 Å². The van der Waals surface area contributed by atoms with Crippen molar-refractivity contribution < 1.29 is 0 Å². The maximum Gasteiger partial charge on any atom is 0.0121 e. The Kier molecular flexibility index (Phi) is 4.87. The molecule has 1 saturated carbocycles. The number of hydrogen-bond donors (Lipinski definition) is 1. The Hall–Kier alpha value is -0.0800. The van der Waals surface area contributed by atoms with Crippen LogP contribution in [0.2, 0.25) is 0 Å². The van der Waals surface area contributed by atoms with Gasteiger partial charge in [0.15, 0.2) is 0 Å². The zero-order chi connectivity index (χ0) is 12.3. The van der Waals surface area contributed by atoms with Gasteiger partial charge in [-0.2, -0.15) is 0 Å². The van der Waals surface area contributed by atoms with Gasteiger partial charge in [-0.05, 0) is 70.5 Å². The first-order valence-electron chi connectivity index (χ1n) is 7.64. The van der Waals surface area contributed by atoms with E-state index in [2.05, 4.69) is 31.0 Å². The van der Waals surface area contributed by atoms with Gasteiger partial charge >= 0.3 is 0 Å². The van der Waals surface area contributed by atoms with Crippen molar-refractivity contribution in [1.29, 1.82) is 0 Å². The quantitative estimate of drug-likeness (QED) is 0.755. The zero-order valence-electron chi connectivity index (χ0n) is 11.9. The highest BCUT2D eigenvalue weighted by Gasteiger charge is 2.30. The summed E-state index contributed by atoms with van der Waals surface area (Å²) >= 11 is 0. The van der Waals surface area contributed by atoms with Crippen molar-refractivity contribution in [1.82, 2.24) is 10.2 Å². The Labute approximate surface area is 107 Å². The summed E-state index contributed by atoms with van der Waals surface area (Å²) in [5.74, 6) is 1.86. The largest absolute Gasteiger partial charge is 0.314 e. The lowest BCUT2D eigenvalue weighted by Crippen LogP contribution is -2.47. The van der Waals surface area contributed by atoms with Crippen molar-refractivity contribution in [2.45, 2.75) is 65.0 Å². The Balaban J connectivity index is 1.90. The van der Waals surface area contributed by atoms with E-state index in [-0.39, 0.29) is 0 Å². The van der Waals surface area contributed by atoms with Crippen molar-refractivity contribution >= 4 is 0 Å². The van der Waals surface area contributed by atoms with E-state index >= 15 is 0 Å². The van der Waals surface area contributed by atoms with E-state index in [0.29, 0.717) is 6.04 Å². The zero-order valence-corrected chi connectivity index (χ0v) is 11.9. The van der Waals surface area contributed by atoms with Gasteiger partial charge in [0.05, 0.1) is 0 Å². The molecule has 0 radical (unpaired) electrons. The van der Waals surface area contributed by atoms with Crippen molar-refractivity contribution in [3.8, 4) is 0 Å². The molecule has 4 unspecified atom stereocenters. The summed E-state index contributed by atoms with van der Waals surface area (Å²) in [5, 5.41) is 3.60. The normalized spacial score (nSPS) is 41.8. The minimum atomic E-state index is 0.704. The molecule has 0 aromatic heterocycles. The summed E-state index contributed by atoms with van der Waals surface area (Å²) in [5.41, 5.74) is 0. The Morgan fingerprint density at radius 3 is 2.59 bits per heavy atom. The van der Waals surface area contributed by atoms with Gasteiger partial charge in [-0.15, -0.1) is 0 Å². The van der Waals surface area contributed by atoms with Crippen molar-refractivity contribution in [2.24, 2.45) is 11.8 Å². The molecule has 2 aliphatic rings. The van der Waals surface area contributed by atoms with Crippen LogP contribution in [0, 0.1) is 11.8 Å². The first kappa shape index (κ1) is 13.4. The van der Waals surface area contributed by atoms with Gasteiger partial charge in [-0.1, -0.05) is 13.8 Å². The number of nitrogens with one attached hydrogen (secondary N) is 1. The van der Waals surface area contributed by atoms with Crippen molar-refractivity contribution in [3.05, 3.63) is 0 Å². The van der Waals surface area contributed by atoms with E-state index in [1.54, 1.807) is 0 Å². The SMILES string of the molecule is CC1CCC(N2CCCNC(C)CC2)C(C)C1. The third-order valence-electron chi connectivity index (χ3n) is 4.82. The fourth-order valence-corrected chi connectivity index (χ4v) is 3.73. The van der Waals surface area contributed by atoms with Crippen LogP contribution >= 0.6 is 0 Å². The number of hydrogen-bond acceptors (Lipinski definition) is 2. The maximum atomic E-state index is 3.60. The predicted molar refractivity (Wildman–Crippen MR) is 74.2 cm³/mol. The van der Waals surface area contributed by atoms with Crippen LogP contribution in [0.15, 0.2) is 0 Å². The standard InChI is InChI=1S/C15H30N2/c1-12-5-6-15(13(2)11-12)17-9-4-8-16-14(3)7-10-17/h12-16H,4-11H2,1-3H3.